The molecule has 0 bridgehead atoms. The molecule has 2 amide bonds. The first-order valence-electron chi connectivity index (χ1n) is 19.9. The number of guanidine groups is 1. The molecule has 13 heteroatoms. The van der Waals surface area contributed by atoms with Crippen LogP contribution in [0.5, 0.6) is 0 Å². The number of hydrogen-bond acceptors (Lipinski definition) is 9. The molecule has 0 aromatic heterocycles. The summed E-state index contributed by atoms with van der Waals surface area (Å²) in [4.78, 5) is 67.8. The Hall–Kier alpha value is -3.55. The Labute approximate surface area is 331 Å². The number of benzene rings is 1. The molecule has 0 saturated carbocycles. The van der Waals surface area contributed by atoms with E-state index >= 15 is 0 Å². The minimum Gasteiger partial charge on any atom is -0.469 e. The average Bonchev–Trinajstić information content (AvgIpc) is 3.65. The summed E-state index contributed by atoms with van der Waals surface area (Å²) in [5, 5.41) is 3.17. The quantitative estimate of drug-likeness (QED) is 0.105. The van der Waals surface area contributed by atoms with Gasteiger partial charge in [0, 0.05) is 74.4 Å². The number of ether oxygens (including phenoxy) is 3. The smallest absolute Gasteiger partial charge is 0.309 e. The average molecular weight is 773 g/mol. The fraction of sp³-hybridized carbons (Fsp3) is 0.738. The third kappa shape index (κ3) is 13.3. The molecule has 1 aromatic rings. The SMILES string of the molecule is CC[C@H](C)[C@@H]([C@@H](CC(=O)N1CCC[C@H]1[C@H](OC)[C@@H](C)C(=O)C[C@@H](Cc1ccccc1)C(=O)OC)OC)N(C)C(=O)[C@@H](N=C(N(C)C)N(C)CCNC)C(C)C. The zero-order valence-electron chi connectivity index (χ0n) is 36.0. The Bertz CT molecular complexity index is 1380. The third-order valence-electron chi connectivity index (χ3n) is 11.2. The Morgan fingerprint density at radius 1 is 0.964 bits per heavy atom. The van der Waals surface area contributed by atoms with Gasteiger partial charge >= 0.3 is 5.97 Å². The van der Waals surface area contributed by atoms with Gasteiger partial charge in [-0.15, -0.1) is 0 Å². The summed E-state index contributed by atoms with van der Waals surface area (Å²) in [6, 6.07) is 8.21. The molecule has 1 fully saturated rings. The van der Waals surface area contributed by atoms with Crippen molar-refractivity contribution < 1.29 is 33.4 Å². The number of hydrogen-bond donors (Lipinski definition) is 1. The third-order valence-corrected chi connectivity index (χ3v) is 11.2. The van der Waals surface area contributed by atoms with Gasteiger partial charge in [0.2, 0.25) is 11.8 Å². The number of esters is 1. The summed E-state index contributed by atoms with van der Waals surface area (Å²) in [5.74, 6) is -1.32. The summed E-state index contributed by atoms with van der Waals surface area (Å²) >= 11 is 0. The maximum atomic E-state index is 14.4. The van der Waals surface area contributed by atoms with Crippen LogP contribution in [-0.4, -0.2) is 156 Å². The number of aliphatic imine (C=N–C) groups is 1. The molecule has 312 valence electrons. The number of methoxy groups -OCH3 is 3. The van der Waals surface area contributed by atoms with Crippen molar-refractivity contribution in [2.75, 3.05) is 76.2 Å². The predicted molar refractivity (Wildman–Crippen MR) is 218 cm³/mol. The van der Waals surface area contributed by atoms with Gasteiger partial charge in [-0.05, 0) is 43.7 Å². The van der Waals surface area contributed by atoms with Crippen molar-refractivity contribution in [2.24, 2.45) is 28.7 Å². The van der Waals surface area contributed by atoms with E-state index in [0.29, 0.717) is 25.3 Å². The Morgan fingerprint density at radius 2 is 1.62 bits per heavy atom. The number of likely N-dealkylation sites (tertiary alicyclic amines) is 1. The van der Waals surface area contributed by atoms with Gasteiger partial charge < -0.3 is 39.1 Å². The summed E-state index contributed by atoms with van der Waals surface area (Å²) in [6.45, 7) is 12.0. The molecule has 1 aliphatic heterocycles. The highest BCUT2D eigenvalue weighted by Crippen LogP contribution is 2.31. The van der Waals surface area contributed by atoms with Crippen LogP contribution >= 0.6 is 0 Å². The Balaban J connectivity index is 2.32. The normalized spacial score (nSPS) is 18.5. The van der Waals surface area contributed by atoms with Crippen LogP contribution < -0.4 is 5.32 Å². The van der Waals surface area contributed by atoms with Crippen LogP contribution in [0.25, 0.3) is 0 Å². The van der Waals surface area contributed by atoms with E-state index in [4.69, 9.17) is 19.2 Å². The first-order chi connectivity index (χ1) is 26.1. The van der Waals surface area contributed by atoms with E-state index in [2.05, 4.69) is 19.2 Å². The first kappa shape index (κ1) is 47.6. The largest absolute Gasteiger partial charge is 0.469 e. The molecule has 0 aliphatic carbocycles. The summed E-state index contributed by atoms with van der Waals surface area (Å²) in [6.07, 6.45) is 1.54. The van der Waals surface area contributed by atoms with Crippen LogP contribution in [0, 0.1) is 23.7 Å². The van der Waals surface area contributed by atoms with E-state index in [-0.39, 0.29) is 48.3 Å². The number of likely N-dealkylation sites (N-methyl/N-ethyl adjacent to an activating group) is 3. The van der Waals surface area contributed by atoms with Gasteiger partial charge in [0.25, 0.3) is 0 Å². The fourth-order valence-electron chi connectivity index (χ4n) is 7.83. The molecule has 2 rings (SSSR count). The van der Waals surface area contributed by atoms with Crippen LogP contribution in [0.3, 0.4) is 0 Å². The van der Waals surface area contributed by atoms with Gasteiger partial charge in [0.05, 0.1) is 43.7 Å². The lowest BCUT2D eigenvalue weighted by atomic mass is 9.85. The van der Waals surface area contributed by atoms with Crippen LogP contribution in [0.1, 0.15) is 72.3 Å². The second kappa shape index (κ2) is 23.5. The molecule has 0 radical (unpaired) electrons. The number of Topliss-reactive ketones (excluding diaryl/α,β-unsaturated/α-hetero) is 1. The van der Waals surface area contributed by atoms with Crippen molar-refractivity contribution in [3.63, 3.8) is 0 Å². The van der Waals surface area contributed by atoms with Crippen molar-refractivity contribution in [1.29, 1.82) is 0 Å². The standard InChI is InChI=1S/C42H72N6O7/c1-14-29(4)38(47(10)40(51)37(28(2)3)44-42(45(7)8)46(9)24-22-43-6)35(53-11)27-36(50)48-23-18-21-33(48)39(54-12)30(5)34(49)26-32(41(52)55-13)25-31-19-16-15-17-20-31/h15-17,19-20,28-30,32-33,35,37-39,43H,14,18,21-27H2,1-13H3/t29-,30-,32+,33-,35+,37-,38-,39+/m0/s1. The monoisotopic (exact) mass is 773 g/mol. The van der Waals surface area contributed by atoms with Gasteiger partial charge in [-0.3, -0.25) is 19.2 Å². The molecule has 1 N–H and O–H groups in total. The van der Waals surface area contributed by atoms with Gasteiger partial charge in [0.1, 0.15) is 11.8 Å². The molecule has 13 nitrogen and oxygen atoms in total. The summed E-state index contributed by atoms with van der Waals surface area (Å²) in [5.41, 5.74) is 0.948. The predicted octanol–water partition coefficient (Wildman–Crippen LogP) is 3.99. The number of amides is 2. The molecule has 1 aliphatic rings. The zero-order valence-corrected chi connectivity index (χ0v) is 36.0. The minimum absolute atomic E-state index is 0.00957. The van der Waals surface area contributed by atoms with E-state index in [1.165, 1.54) is 7.11 Å². The molecule has 1 heterocycles. The van der Waals surface area contributed by atoms with Crippen LogP contribution in [0.2, 0.25) is 0 Å². The summed E-state index contributed by atoms with van der Waals surface area (Å²) in [7, 11) is 14.0. The van der Waals surface area contributed by atoms with Crippen molar-refractivity contribution in [2.45, 2.75) is 103 Å². The van der Waals surface area contributed by atoms with E-state index in [0.717, 1.165) is 31.5 Å². The lowest BCUT2D eigenvalue weighted by molar-refractivity contribution is -0.149. The summed E-state index contributed by atoms with van der Waals surface area (Å²) < 4.78 is 17.1. The lowest BCUT2D eigenvalue weighted by Gasteiger charge is -2.40. The van der Waals surface area contributed by atoms with E-state index in [9.17, 15) is 19.2 Å². The maximum Gasteiger partial charge on any atom is 0.309 e. The van der Waals surface area contributed by atoms with Crippen molar-refractivity contribution >= 4 is 29.5 Å². The number of rotatable bonds is 22. The van der Waals surface area contributed by atoms with E-state index < -0.39 is 42.1 Å². The van der Waals surface area contributed by atoms with Crippen LogP contribution in [-0.2, 0) is 39.8 Å². The van der Waals surface area contributed by atoms with E-state index in [1.807, 2.05) is 94.0 Å². The maximum absolute atomic E-state index is 14.4. The number of ketones is 1. The highest BCUT2D eigenvalue weighted by molar-refractivity contribution is 5.88. The van der Waals surface area contributed by atoms with Crippen molar-refractivity contribution in [3.8, 4) is 0 Å². The molecule has 8 atom stereocenters. The number of nitrogens with zero attached hydrogens (tertiary/aromatic N) is 5. The minimum atomic E-state index is -0.643. The van der Waals surface area contributed by atoms with Crippen molar-refractivity contribution in [1.82, 2.24) is 24.9 Å². The molecular formula is C42H72N6O7. The van der Waals surface area contributed by atoms with Crippen LogP contribution in [0.4, 0.5) is 0 Å². The second-order valence-electron chi connectivity index (χ2n) is 15.7. The van der Waals surface area contributed by atoms with Gasteiger partial charge in [-0.2, -0.15) is 0 Å². The van der Waals surface area contributed by atoms with E-state index in [1.54, 1.807) is 26.2 Å². The molecular weight excluding hydrogens is 700 g/mol. The number of carbonyl (C=O) groups is 4. The number of nitrogens with one attached hydrogen (secondary N) is 1. The molecule has 55 heavy (non-hydrogen) atoms. The topological polar surface area (TPSA) is 133 Å². The highest BCUT2D eigenvalue weighted by Gasteiger charge is 2.43. The molecule has 0 unspecified atom stereocenters. The molecule has 1 aromatic carbocycles. The fourth-order valence-corrected chi connectivity index (χ4v) is 7.83. The van der Waals surface area contributed by atoms with Gasteiger partial charge in [-0.1, -0.05) is 71.4 Å². The number of carbonyl (C=O) groups excluding carboxylic acids is 4. The molecule has 0 spiro atoms. The Kier molecular flexibility index (Phi) is 20.3. The van der Waals surface area contributed by atoms with Gasteiger partial charge in [0.15, 0.2) is 5.96 Å². The van der Waals surface area contributed by atoms with Gasteiger partial charge in [-0.25, -0.2) is 4.99 Å². The lowest BCUT2D eigenvalue weighted by Crippen LogP contribution is -2.55. The Morgan fingerprint density at radius 3 is 2.15 bits per heavy atom. The highest BCUT2D eigenvalue weighted by atomic mass is 16.5. The zero-order chi connectivity index (χ0) is 41.4. The second-order valence-corrected chi connectivity index (χ2v) is 15.7. The van der Waals surface area contributed by atoms with Crippen LogP contribution in [0.15, 0.2) is 35.3 Å². The first-order valence-corrected chi connectivity index (χ1v) is 19.9. The molecule has 1 saturated heterocycles. The van der Waals surface area contributed by atoms with Crippen molar-refractivity contribution in [3.05, 3.63) is 35.9 Å².